The van der Waals surface area contributed by atoms with Crippen molar-refractivity contribution in [3.05, 3.63) is 78.0 Å². The number of aromatic nitrogens is 1. The van der Waals surface area contributed by atoms with Crippen LogP contribution in [0, 0.1) is 5.92 Å². The summed E-state index contributed by atoms with van der Waals surface area (Å²) in [4.78, 5) is 42.6. The van der Waals surface area contributed by atoms with Crippen LogP contribution < -0.4 is 27.2 Å². The number of aliphatic hydroxyl groups is 1. The molecule has 1 heterocycles. The number of primary amides is 1. The van der Waals surface area contributed by atoms with Gasteiger partial charge in [-0.1, -0.05) is 73.9 Å². The monoisotopic (exact) mass is 560 g/mol. The molecule has 0 spiro atoms. The van der Waals surface area contributed by atoms with Gasteiger partial charge in [-0.3, -0.25) is 25.2 Å². The summed E-state index contributed by atoms with van der Waals surface area (Å²) in [6.45, 7) is 1.01. The summed E-state index contributed by atoms with van der Waals surface area (Å²) in [5.41, 5.74) is 13.4. The molecule has 2 unspecified atom stereocenters. The summed E-state index contributed by atoms with van der Waals surface area (Å²) < 4.78 is 0. The lowest BCUT2D eigenvalue weighted by atomic mass is 9.89. The third-order valence-corrected chi connectivity index (χ3v) is 7.50. The summed E-state index contributed by atoms with van der Waals surface area (Å²) in [6, 6.07) is 18.2. The number of rotatable bonds is 14. The van der Waals surface area contributed by atoms with E-state index in [1.165, 1.54) is 32.1 Å². The molecule has 1 aliphatic rings. The quantitative estimate of drug-likeness (QED) is 0.130. The first-order chi connectivity index (χ1) is 19.9. The second kappa shape index (κ2) is 15.2. The fourth-order valence-corrected chi connectivity index (χ4v) is 5.20. The summed E-state index contributed by atoms with van der Waals surface area (Å²) >= 11 is 0. The van der Waals surface area contributed by atoms with Crippen LogP contribution >= 0.6 is 0 Å². The fraction of sp³-hybridized carbons (Fsp3) is 0.419. The van der Waals surface area contributed by atoms with Crippen LogP contribution in [0.25, 0.3) is 10.9 Å². The van der Waals surface area contributed by atoms with Gasteiger partial charge in [-0.2, -0.15) is 0 Å². The lowest BCUT2D eigenvalue weighted by Crippen LogP contribution is -2.56. The van der Waals surface area contributed by atoms with E-state index in [0.29, 0.717) is 17.9 Å². The first-order valence-corrected chi connectivity index (χ1v) is 14.3. The standard InChI is InChI=1S/C31H40N6O4/c32-29(39)18-27(37-30(40)25-16-15-23-13-7-8-14-24(23)35-25)31(41)36-26(17-21-9-3-1-4-10-21)28(38)20-34-33-19-22-11-5-2-6-12-22/h1,3-4,7-10,13-16,22,26-28,33-34,38H,2,5-6,11-12,17-20H2,(H2,32,39)(H,36,41)(H,37,40)/t26?,27-,28?/m0/s1. The van der Waals surface area contributed by atoms with Gasteiger partial charge < -0.3 is 21.5 Å². The summed E-state index contributed by atoms with van der Waals surface area (Å²) in [7, 11) is 0. The predicted molar refractivity (Wildman–Crippen MR) is 157 cm³/mol. The molecule has 3 aromatic rings. The molecule has 0 bridgehead atoms. The molecule has 10 heteroatoms. The third kappa shape index (κ3) is 9.34. The van der Waals surface area contributed by atoms with Crippen LogP contribution in [0.2, 0.25) is 0 Å². The molecule has 1 aliphatic carbocycles. The maximum Gasteiger partial charge on any atom is 0.270 e. The highest BCUT2D eigenvalue weighted by atomic mass is 16.3. The molecule has 0 saturated heterocycles. The van der Waals surface area contributed by atoms with E-state index in [2.05, 4.69) is 26.5 Å². The Bertz CT molecular complexity index is 1300. The first kappa shape index (κ1) is 30.1. The number of carbonyl (C=O) groups is 3. The summed E-state index contributed by atoms with van der Waals surface area (Å²) in [6.07, 6.45) is 5.18. The minimum atomic E-state index is -1.24. The molecular weight excluding hydrogens is 520 g/mol. The molecule has 41 heavy (non-hydrogen) atoms. The maximum absolute atomic E-state index is 13.4. The van der Waals surface area contributed by atoms with Gasteiger partial charge in [0.15, 0.2) is 0 Å². The molecular formula is C31H40N6O4. The molecule has 0 aliphatic heterocycles. The van der Waals surface area contributed by atoms with E-state index in [1.54, 1.807) is 18.2 Å². The largest absolute Gasteiger partial charge is 0.390 e. The average Bonchev–Trinajstić information content (AvgIpc) is 2.99. The Hall–Kier alpha value is -3.86. The molecule has 4 rings (SSSR count). The van der Waals surface area contributed by atoms with Crippen molar-refractivity contribution < 1.29 is 19.5 Å². The number of nitrogens with two attached hydrogens (primary N) is 1. The maximum atomic E-state index is 13.4. The fourth-order valence-electron chi connectivity index (χ4n) is 5.20. The minimum absolute atomic E-state index is 0.111. The van der Waals surface area contributed by atoms with E-state index < -0.39 is 42.3 Å². The van der Waals surface area contributed by atoms with Gasteiger partial charge in [0, 0.05) is 18.5 Å². The lowest BCUT2D eigenvalue weighted by Gasteiger charge is -2.28. The predicted octanol–water partition coefficient (Wildman–Crippen LogP) is 1.97. The zero-order valence-electron chi connectivity index (χ0n) is 23.2. The van der Waals surface area contributed by atoms with Gasteiger partial charge in [-0.25, -0.2) is 4.98 Å². The molecule has 3 amide bonds. The number of hydrogen-bond acceptors (Lipinski definition) is 7. The number of aliphatic hydroxyl groups excluding tert-OH is 1. The van der Waals surface area contributed by atoms with Gasteiger partial charge in [0.25, 0.3) is 5.91 Å². The van der Waals surface area contributed by atoms with Crippen LogP contribution in [-0.4, -0.2) is 59.1 Å². The molecule has 1 aromatic heterocycles. The molecule has 1 saturated carbocycles. The van der Waals surface area contributed by atoms with Crippen molar-refractivity contribution in [3.63, 3.8) is 0 Å². The number of amides is 3. The van der Waals surface area contributed by atoms with Crippen molar-refractivity contribution in [2.24, 2.45) is 11.7 Å². The van der Waals surface area contributed by atoms with Crippen molar-refractivity contribution in [2.45, 2.75) is 63.1 Å². The van der Waals surface area contributed by atoms with Crippen molar-refractivity contribution in [1.29, 1.82) is 0 Å². The third-order valence-electron chi connectivity index (χ3n) is 7.50. The number of hydrogen-bond donors (Lipinski definition) is 6. The van der Waals surface area contributed by atoms with Gasteiger partial charge >= 0.3 is 0 Å². The zero-order valence-corrected chi connectivity index (χ0v) is 23.2. The van der Waals surface area contributed by atoms with Crippen LogP contribution in [0.3, 0.4) is 0 Å². The smallest absolute Gasteiger partial charge is 0.270 e. The molecule has 2 aromatic carbocycles. The van der Waals surface area contributed by atoms with Crippen LogP contribution in [0.4, 0.5) is 0 Å². The Morgan fingerprint density at radius 1 is 0.902 bits per heavy atom. The van der Waals surface area contributed by atoms with Crippen molar-refractivity contribution >= 4 is 28.6 Å². The molecule has 218 valence electrons. The highest BCUT2D eigenvalue weighted by Crippen LogP contribution is 2.22. The number of nitrogens with zero attached hydrogens (tertiary/aromatic N) is 1. The Kier molecular flexibility index (Phi) is 11.2. The minimum Gasteiger partial charge on any atom is -0.390 e. The average molecular weight is 561 g/mol. The van der Waals surface area contributed by atoms with E-state index in [0.717, 1.165) is 17.5 Å². The number of pyridine rings is 1. The highest BCUT2D eigenvalue weighted by Gasteiger charge is 2.29. The van der Waals surface area contributed by atoms with Crippen LogP contribution in [0.5, 0.6) is 0 Å². The zero-order chi connectivity index (χ0) is 29.0. The van der Waals surface area contributed by atoms with E-state index >= 15 is 0 Å². The second-order valence-electron chi connectivity index (χ2n) is 10.7. The lowest BCUT2D eigenvalue weighted by molar-refractivity contribution is -0.128. The molecule has 10 nitrogen and oxygen atoms in total. The SMILES string of the molecule is NC(=O)C[C@H](NC(=O)c1ccc2ccccc2n1)C(=O)NC(Cc1ccccc1)C(O)CNNCC1CCCCC1. The van der Waals surface area contributed by atoms with Crippen LogP contribution in [0.1, 0.15) is 54.6 Å². The Labute approximate surface area is 240 Å². The van der Waals surface area contributed by atoms with Gasteiger partial charge in [0.05, 0.1) is 24.1 Å². The first-order valence-electron chi connectivity index (χ1n) is 14.3. The van der Waals surface area contributed by atoms with Crippen LogP contribution in [-0.2, 0) is 16.0 Å². The van der Waals surface area contributed by atoms with Gasteiger partial charge in [-0.15, -0.1) is 0 Å². The Morgan fingerprint density at radius 3 is 2.39 bits per heavy atom. The van der Waals surface area contributed by atoms with E-state index in [1.807, 2.05) is 48.5 Å². The Balaban J connectivity index is 1.41. The summed E-state index contributed by atoms with van der Waals surface area (Å²) in [5.74, 6) is -1.35. The number of carbonyl (C=O) groups excluding carboxylic acids is 3. The number of para-hydroxylation sites is 1. The molecule has 7 N–H and O–H groups in total. The van der Waals surface area contributed by atoms with E-state index in [4.69, 9.17) is 5.73 Å². The van der Waals surface area contributed by atoms with Crippen molar-refractivity contribution in [1.82, 2.24) is 26.5 Å². The van der Waals surface area contributed by atoms with Gasteiger partial charge in [0.2, 0.25) is 11.8 Å². The molecule has 0 radical (unpaired) electrons. The summed E-state index contributed by atoms with van der Waals surface area (Å²) in [5, 5.41) is 17.4. The van der Waals surface area contributed by atoms with Crippen molar-refractivity contribution in [2.75, 3.05) is 13.1 Å². The number of hydrazine groups is 1. The molecule has 3 atom stereocenters. The second-order valence-corrected chi connectivity index (χ2v) is 10.7. The normalized spacial score (nSPS) is 16.0. The number of fused-ring (bicyclic) bond motifs is 1. The van der Waals surface area contributed by atoms with Gasteiger partial charge in [-0.05, 0) is 42.9 Å². The number of nitrogens with one attached hydrogen (secondary N) is 4. The highest BCUT2D eigenvalue weighted by molar-refractivity contribution is 5.99. The van der Waals surface area contributed by atoms with Crippen molar-refractivity contribution in [3.8, 4) is 0 Å². The van der Waals surface area contributed by atoms with Gasteiger partial charge in [0.1, 0.15) is 11.7 Å². The topological polar surface area (TPSA) is 158 Å². The number of benzene rings is 2. The molecule has 1 fully saturated rings. The Morgan fingerprint density at radius 2 is 1.63 bits per heavy atom. The van der Waals surface area contributed by atoms with Crippen LogP contribution in [0.15, 0.2) is 66.7 Å². The van der Waals surface area contributed by atoms with E-state index in [9.17, 15) is 19.5 Å². The van der Waals surface area contributed by atoms with E-state index in [-0.39, 0.29) is 12.2 Å².